The van der Waals surface area contributed by atoms with Gasteiger partial charge in [0.1, 0.15) is 9.91 Å². The van der Waals surface area contributed by atoms with Gasteiger partial charge in [-0.2, -0.15) is 0 Å². The van der Waals surface area contributed by atoms with Crippen LogP contribution in [0.1, 0.15) is 29.0 Å². The molecule has 1 saturated carbocycles. The summed E-state index contributed by atoms with van der Waals surface area (Å²) in [5.41, 5.74) is 3.28. The van der Waals surface area contributed by atoms with Crippen molar-refractivity contribution in [2.45, 2.75) is 30.6 Å². The Balaban J connectivity index is 1.47. The summed E-state index contributed by atoms with van der Waals surface area (Å²) in [7, 11) is 0. The molecule has 0 bridgehead atoms. The van der Waals surface area contributed by atoms with Gasteiger partial charge in [0.25, 0.3) is 0 Å². The number of hydrogen-bond acceptors (Lipinski definition) is 4. The molecule has 4 heteroatoms. The van der Waals surface area contributed by atoms with Crippen LogP contribution in [-0.2, 0) is 10.5 Å². The number of carbonyl (C=O) groups excluding carboxylic acids is 1. The molecular weight excluding hydrogens is 322 g/mol. The molecule has 2 aliphatic rings. The highest BCUT2D eigenvalue weighted by Crippen LogP contribution is 2.60. The minimum absolute atomic E-state index is 0.221. The van der Waals surface area contributed by atoms with Crippen LogP contribution >= 0.6 is 23.5 Å². The van der Waals surface area contributed by atoms with Gasteiger partial charge in [-0.25, -0.2) is 0 Å². The van der Waals surface area contributed by atoms with Crippen LogP contribution < -0.4 is 0 Å². The smallest absolute Gasteiger partial charge is 0.223 e. The first-order valence-corrected chi connectivity index (χ1v) is 9.53. The monoisotopic (exact) mass is 339 g/mol. The van der Waals surface area contributed by atoms with Crippen molar-refractivity contribution in [2.75, 3.05) is 0 Å². The highest BCUT2D eigenvalue weighted by Gasteiger charge is 2.63. The number of nitrogens with zero attached hydrogens (tertiary/aromatic N) is 1. The van der Waals surface area contributed by atoms with E-state index >= 15 is 0 Å². The molecule has 2 nitrogen and oxygen atoms in total. The molecule has 0 radical (unpaired) electrons. The van der Waals surface area contributed by atoms with Gasteiger partial charge < -0.3 is 0 Å². The van der Waals surface area contributed by atoms with Gasteiger partial charge in [0.15, 0.2) is 0 Å². The Morgan fingerprint density at radius 1 is 1.17 bits per heavy atom. The Bertz CT molecular complexity index is 770. The van der Waals surface area contributed by atoms with Gasteiger partial charge in [0, 0.05) is 11.7 Å². The Hall–Kier alpha value is -1.52. The van der Waals surface area contributed by atoms with E-state index < -0.39 is 5.54 Å². The van der Waals surface area contributed by atoms with E-state index in [2.05, 4.69) is 43.3 Å². The van der Waals surface area contributed by atoms with Crippen LogP contribution in [0.3, 0.4) is 0 Å². The lowest BCUT2D eigenvalue weighted by Gasteiger charge is -2.04. The third-order valence-corrected chi connectivity index (χ3v) is 6.67. The summed E-state index contributed by atoms with van der Waals surface area (Å²) in [4.78, 5) is 17.3. The summed E-state index contributed by atoms with van der Waals surface area (Å²) in [6, 6.07) is 18.8. The highest BCUT2D eigenvalue weighted by atomic mass is 32.2. The lowest BCUT2D eigenvalue weighted by molar-refractivity contribution is -0.112. The molecule has 0 saturated heterocycles. The van der Waals surface area contributed by atoms with Gasteiger partial charge in [-0.1, -0.05) is 71.9 Å². The summed E-state index contributed by atoms with van der Waals surface area (Å²) in [6.45, 7) is 2.08. The fourth-order valence-electron chi connectivity index (χ4n) is 2.97. The molecule has 1 heterocycles. The molecule has 0 amide bonds. The molecule has 4 rings (SSSR count). The second kappa shape index (κ2) is 5.84. The largest absolute Gasteiger partial charge is 0.284 e. The predicted molar refractivity (Wildman–Crippen MR) is 99.0 cm³/mol. The maximum atomic E-state index is 12.5. The van der Waals surface area contributed by atoms with Gasteiger partial charge >= 0.3 is 0 Å². The molecule has 1 spiro atoms. The molecule has 1 unspecified atom stereocenters. The van der Waals surface area contributed by atoms with Crippen molar-refractivity contribution in [2.24, 2.45) is 4.99 Å². The van der Waals surface area contributed by atoms with E-state index in [-0.39, 0.29) is 11.0 Å². The van der Waals surface area contributed by atoms with Crippen LogP contribution in [0.4, 0.5) is 0 Å². The van der Waals surface area contributed by atoms with Gasteiger partial charge in [0.05, 0.1) is 0 Å². The zero-order chi connectivity index (χ0) is 15.9. The standard InChI is InChI=1S/C19H17NOS2/c1-13-7-9-15(10-8-13)16-11-19(16)17(21)23-18(20-19)22-12-14-5-3-2-4-6-14/h2-10,16H,11-12H2,1H3/t16-,19?/m1/s1. The minimum Gasteiger partial charge on any atom is -0.284 e. The third kappa shape index (κ3) is 2.86. The molecule has 1 aliphatic carbocycles. The zero-order valence-corrected chi connectivity index (χ0v) is 14.5. The van der Waals surface area contributed by atoms with Crippen LogP contribution in [0.2, 0.25) is 0 Å². The first-order chi connectivity index (χ1) is 11.2. The van der Waals surface area contributed by atoms with Gasteiger partial charge in [-0.15, -0.1) is 0 Å². The van der Waals surface area contributed by atoms with E-state index in [0.29, 0.717) is 0 Å². The zero-order valence-electron chi connectivity index (χ0n) is 12.9. The van der Waals surface area contributed by atoms with E-state index in [0.717, 1.165) is 16.5 Å². The molecule has 23 heavy (non-hydrogen) atoms. The van der Waals surface area contributed by atoms with Crippen LogP contribution in [-0.4, -0.2) is 15.0 Å². The molecular formula is C19H17NOS2. The minimum atomic E-state index is -0.473. The first kappa shape index (κ1) is 15.0. The van der Waals surface area contributed by atoms with Crippen molar-refractivity contribution in [3.8, 4) is 0 Å². The number of hydrogen-bond donors (Lipinski definition) is 0. The number of thioether (sulfide) groups is 2. The van der Waals surface area contributed by atoms with Crippen molar-refractivity contribution in [1.82, 2.24) is 0 Å². The van der Waals surface area contributed by atoms with Gasteiger partial charge in [-0.3, -0.25) is 9.79 Å². The van der Waals surface area contributed by atoms with Gasteiger partial charge in [-0.05, 0) is 36.2 Å². The lowest BCUT2D eigenvalue weighted by atomic mass is 10.1. The van der Waals surface area contributed by atoms with E-state index in [1.165, 1.54) is 28.5 Å². The van der Waals surface area contributed by atoms with Crippen LogP contribution in [0.5, 0.6) is 0 Å². The number of rotatable bonds is 3. The fraction of sp³-hybridized carbons (Fsp3) is 0.263. The summed E-state index contributed by atoms with van der Waals surface area (Å²) in [6.07, 6.45) is 0.858. The topological polar surface area (TPSA) is 29.4 Å². The van der Waals surface area contributed by atoms with Crippen LogP contribution in [0.25, 0.3) is 0 Å². The first-order valence-electron chi connectivity index (χ1n) is 7.73. The molecule has 2 atom stereocenters. The maximum Gasteiger partial charge on any atom is 0.223 e. The second-order valence-corrected chi connectivity index (χ2v) is 8.32. The summed E-state index contributed by atoms with van der Waals surface area (Å²) < 4.78 is 0.925. The molecule has 1 aliphatic heterocycles. The summed E-state index contributed by atoms with van der Waals surface area (Å²) in [5, 5.41) is 0.221. The quantitative estimate of drug-likeness (QED) is 0.805. The lowest BCUT2D eigenvalue weighted by Crippen LogP contribution is -2.14. The number of aliphatic imine (C=N–C) groups is 1. The van der Waals surface area contributed by atoms with Gasteiger partial charge in [0.2, 0.25) is 5.12 Å². The van der Waals surface area contributed by atoms with E-state index in [9.17, 15) is 4.79 Å². The second-order valence-electron chi connectivity index (χ2n) is 6.13. The Labute approximate surface area is 144 Å². The maximum absolute atomic E-state index is 12.5. The molecule has 1 fully saturated rings. The number of aryl methyl sites for hydroxylation is 1. The molecule has 2 aromatic carbocycles. The Morgan fingerprint density at radius 2 is 1.91 bits per heavy atom. The molecule has 0 aromatic heterocycles. The predicted octanol–water partition coefficient (Wildman–Crippen LogP) is 4.78. The van der Waals surface area contributed by atoms with Crippen LogP contribution in [0, 0.1) is 6.92 Å². The summed E-state index contributed by atoms with van der Waals surface area (Å²) >= 11 is 3.00. The Kier molecular flexibility index (Phi) is 3.82. The number of carbonyl (C=O) groups is 1. The van der Waals surface area contributed by atoms with E-state index in [1.807, 2.05) is 18.2 Å². The van der Waals surface area contributed by atoms with E-state index in [1.54, 1.807) is 11.8 Å². The normalized spacial score (nSPS) is 25.7. The summed E-state index contributed by atoms with van der Waals surface area (Å²) in [5.74, 6) is 1.13. The SMILES string of the molecule is Cc1ccc([C@H]2CC23N=C(SCc2ccccc2)SC3=O)cc1. The average molecular weight is 339 g/mol. The average Bonchev–Trinajstić information content (AvgIpc) is 3.20. The van der Waals surface area contributed by atoms with Crippen molar-refractivity contribution in [3.63, 3.8) is 0 Å². The molecule has 116 valence electrons. The van der Waals surface area contributed by atoms with Crippen molar-refractivity contribution in [3.05, 3.63) is 71.3 Å². The number of benzene rings is 2. The fourth-order valence-corrected chi connectivity index (χ4v) is 5.14. The molecule has 2 aromatic rings. The Morgan fingerprint density at radius 3 is 2.65 bits per heavy atom. The highest BCUT2D eigenvalue weighted by molar-refractivity contribution is 8.45. The molecule has 0 N–H and O–H groups in total. The van der Waals surface area contributed by atoms with Crippen molar-refractivity contribution < 1.29 is 4.79 Å². The van der Waals surface area contributed by atoms with Crippen molar-refractivity contribution in [1.29, 1.82) is 0 Å². The van der Waals surface area contributed by atoms with Crippen LogP contribution in [0.15, 0.2) is 59.6 Å². The third-order valence-electron chi connectivity index (χ3n) is 4.44. The van der Waals surface area contributed by atoms with Crippen molar-refractivity contribution >= 4 is 33.0 Å². The van der Waals surface area contributed by atoms with E-state index in [4.69, 9.17) is 4.99 Å².